The average Bonchev–Trinajstić information content (AvgIpc) is 2.92. The molecule has 1 aliphatic rings. The zero-order valence-corrected chi connectivity index (χ0v) is 14.5. The van der Waals surface area contributed by atoms with E-state index >= 15 is 0 Å². The maximum Gasteiger partial charge on any atom is 0.308 e. The molecule has 1 aromatic carbocycles. The number of nitrogens with zero attached hydrogens (tertiary/aromatic N) is 1. The third-order valence-electron chi connectivity index (χ3n) is 4.52. The van der Waals surface area contributed by atoms with Gasteiger partial charge in [-0.3, -0.25) is 9.69 Å². The Labute approximate surface area is 137 Å². The average molecular weight is 340 g/mol. The zero-order valence-electron chi connectivity index (χ0n) is 13.7. The number of aliphatic carboxylic acids is 1. The molecule has 0 radical (unpaired) electrons. The van der Waals surface area contributed by atoms with Crippen molar-refractivity contribution < 1.29 is 18.3 Å². The zero-order chi connectivity index (χ0) is 17.2. The van der Waals surface area contributed by atoms with Gasteiger partial charge in [0.1, 0.15) is 0 Å². The van der Waals surface area contributed by atoms with E-state index in [0.29, 0.717) is 19.0 Å². The number of hydrogen-bond donors (Lipinski definition) is 2. The van der Waals surface area contributed by atoms with E-state index in [0.717, 1.165) is 12.1 Å². The van der Waals surface area contributed by atoms with Gasteiger partial charge in [0.05, 0.1) is 10.8 Å². The van der Waals surface area contributed by atoms with Crippen molar-refractivity contribution in [3.63, 3.8) is 0 Å². The number of carboxylic acids is 1. The summed E-state index contributed by atoms with van der Waals surface area (Å²) < 4.78 is 25.7. The van der Waals surface area contributed by atoms with Gasteiger partial charge in [-0.1, -0.05) is 26.0 Å². The molecular formula is C16H24N2O4S. The summed E-state index contributed by atoms with van der Waals surface area (Å²) in [6, 6.07) is 6.71. The predicted molar refractivity (Wildman–Crippen MR) is 87.4 cm³/mol. The van der Waals surface area contributed by atoms with Crippen molar-refractivity contribution in [3.05, 3.63) is 29.8 Å². The van der Waals surface area contributed by atoms with Crippen molar-refractivity contribution in [3.8, 4) is 0 Å². The summed E-state index contributed by atoms with van der Waals surface area (Å²) in [5.41, 5.74) is 0.980. The topological polar surface area (TPSA) is 86.7 Å². The Morgan fingerprint density at radius 2 is 1.91 bits per heavy atom. The van der Waals surface area contributed by atoms with Gasteiger partial charge in [-0.15, -0.1) is 0 Å². The van der Waals surface area contributed by atoms with Gasteiger partial charge >= 0.3 is 5.97 Å². The fourth-order valence-corrected chi connectivity index (χ4v) is 3.86. The molecule has 2 N–H and O–H groups in total. The smallest absolute Gasteiger partial charge is 0.308 e. The normalized spacial score (nSPS) is 22.6. The summed E-state index contributed by atoms with van der Waals surface area (Å²) in [6.07, 6.45) is 0. The lowest BCUT2D eigenvalue weighted by molar-refractivity contribution is -0.143. The van der Waals surface area contributed by atoms with E-state index in [-0.39, 0.29) is 16.7 Å². The lowest BCUT2D eigenvalue weighted by Crippen LogP contribution is -2.25. The fourth-order valence-electron chi connectivity index (χ4n) is 3.13. The van der Waals surface area contributed by atoms with Gasteiger partial charge in [-0.25, -0.2) is 13.1 Å². The van der Waals surface area contributed by atoms with Crippen LogP contribution < -0.4 is 4.72 Å². The molecule has 2 rings (SSSR count). The van der Waals surface area contributed by atoms with Crippen LogP contribution in [0.1, 0.15) is 19.4 Å². The molecule has 1 saturated heterocycles. The van der Waals surface area contributed by atoms with E-state index in [1.54, 1.807) is 24.3 Å². The first-order valence-electron chi connectivity index (χ1n) is 7.72. The third kappa shape index (κ3) is 4.10. The number of sulfonamides is 1. The monoisotopic (exact) mass is 340 g/mol. The summed E-state index contributed by atoms with van der Waals surface area (Å²) in [5, 5.41) is 9.37. The molecule has 0 saturated carbocycles. The van der Waals surface area contributed by atoms with Crippen LogP contribution in [-0.4, -0.2) is 44.5 Å². The van der Waals surface area contributed by atoms with Crippen LogP contribution in [-0.2, 0) is 21.4 Å². The Hall–Kier alpha value is -1.44. The molecule has 1 heterocycles. The number of carboxylic acid groups (broad SMARTS) is 1. The Kier molecular flexibility index (Phi) is 5.44. The van der Waals surface area contributed by atoms with Crippen molar-refractivity contribution in [1.29, 1.82) is 0 Å². The maximum atomic E-state index is 11.7. The molecular weight excluding hydrogens is 316 g/mol. The van der Waals surface area contributed by atoms with Gasteiger partial charge in [0, 0.05) is 19.6 Å². The Balaban J connectivity index is 2.07. The van der Waals surface area contributed by atoms with E-state index in [1.165, 1.54) is 7.05 Å². The van der Waals surface area contributed by atoms with Crippen molar-refractivity contribution >= 4 is 16.0 Å². The van der Waals surface area contributed by atoms with Crippen LogP contribution in [0.25, 0.3) is 0 Å². The largest absolute Gasteiger partial charge is 0.481 e. The van der Waals surface area contributed by atoms with Gasteiger partial charge in [0.2, 0.25) is 10.0 Å². The van der Waals surface area contributed by atoms with E-state index in [1.807, 2.05) is 0 Å². The van der Waals surface area contributed by atoms with Crippen molar-refractivity contribution in [2.24, 2.45) is 17.8 Å². The van der Waals surface area contributed by atoms with E-state index in [2.05, 4.69) is 23.5 Å². The highest BCUT2D eigenvalue weighted by atomic mass is 32.2. The standard InChI is InChI=1S/C16H24N2O4S/c1-11(2)14-9-18(10-15(14)16(19)20)8-12-4-6-13(7-5-12)23(21,22)17-3/h4-7,11,14-15,17H,8-10H2,1-3H3,(H,19,20)/t14-,15+/m0/s1. The van der Waals surface area contributed by atoms with Crippen LogP contribution in [0.5, 0.6) is 0 Å². The van der Waals surface area contributed by atoms with Crippen molar-refractivity contribution in [1.82, 2.24) is 9.62 Å². The second-order valence-corrected chi connectivity index (χ2v) is 8.28. The predicted octanol–water partition coefficient (Wildman–Crippen LogP) is 1.38. The molecule has 0 aromatic heterocycles. The van der Waals surface area contributed by atoms with E-state index in [9.17, 15) is 18.3 Å². The summed E-state index contributed by atoms with van der Waals surface area (Å²) in [4.78, 5) is 13.8. The quantitative estimate of drug-likeness (QED) is 0.817. The van der Waals surface area contributed by atoms with E-state index in [4.69, 9.17) is 0 Å². The molecule has 23 heavy (non-hydrogen) atoms. The number of benzene rings is 1. The highest BCUT2D eigenvalue weighted by Gasteiger charge is 2.38. The minimum Gasteiger partial charge on any atom is -0.481 e. The number of nitrogens with one attached hydrogen (secondary N) is 1. The SMILES string of the molecule is CNS(=O)(=O)c1ccc(CN2C[C@@H](C(=O)O)[C@H](C(C)C)C2)cc1. The van der Waals surface area contributed by atoms with Crippen LogP contribution in [0.3, 0.4) is 0 Å². The van der Waals surface area contributed by atoms with Gasteiger partial charge < -0.3 is 5.11 Å². The lowest BCUT2D eigenvalue weighted by Gasteiger charge is -2.19. The van der Waals surface area contributed by atoms with Crippen LogP contribution >= 0.6 is 0 Å². The number of rotatable bonds is 6. The molecule has 128 valence electrons. The van der Waals surface area contributed by atoms with Crippen molar-refractivity contribution in [2.45, 2.75) is 25.3 Å². The fraction of sp³-hybridized carbons (Fsp3) is 0.562. The molecule has 0 bridgehead atoms. The summed E-state index contributed by atoms with van der Waals surface area (Å²) in [6.45, 7) is 6.04. The summed E-state index contributed by atoms with van der Waals surface area (Å²) in [5.74, 6) is -0.596. The van der Waals surface area contributed by atoms with Crippen LogP contribution in [0.2, 0.25) is 0 Å². The summed E-state index contributed by atoms with van der Waals surface area (Å²) in [7, 11) is -2.04. The van der Waals surface area contributed by atoms with Gasteiger partial charge in [0.15, 0.2) is 0 Å². The number of carbonyl (C=O) groups is 1. The van der Waals surface area contributed by atoms with Crippen molar-refractivity contribution in [2.75, 3.05) is 20.1 Å². The Bertz CT molecular complexity index is 655. The van der Waals surface area contributed by atoms with Gasteiger partial charge in [-0.2, -0.15) is 0 Å². The minimum absolute atomic E-state index is 0.149. The van der Waals surface area contributed by atoms with E-state index < -0.39 is 16.0 Å². The molecule has 1 fully saturated rings. The molecule has 1 aromatic rings. The van der Waals surface area contributed by atoms with Crippen LogP contribution in [0, 0.1) is 17.8 Å². The highest BCUT2D eigenvalue weighted by Crippen LogP contribution is 2.30. The number of hydrogen-bond acceptors (Lipinski definition) is 4. The van der Waals surface area contributed by atoms with Gasteiger partial charge in [0.25, 0.3) is 0 Å². The minimum atomic E-state index is -3.42. The molecule has 7 heteroatoms. The van der Waals surface area contributed by atoms with Gasteiger partial charge in [-0.05, 0) is 36.6 Å². The molecule has 6 nitrogen and oxygen atoms in total. The molecule has 2 atom stereocenters. The Morgan fingerprint density at radius 3 is 2.35 bits per heavy atom. The molecule has 0 aliphatic carbocycles. The Morgan fingerprint density at radius 1 is 1.30 bits per heavy atom. The molecule has 0 spiro atoms. The first kappa shape index (κ1) is 17.9. The van der Waals surface area contributed by atoms with Crippen LogP contribution in [0.4, 0.5) is 0 Å². The first-order valence-corrected chi connectivity index (χ1v) is 9.20. The molecule has 0 amide bonds. The summed E-state index contributed by atoms with van der Waals surface area (Å²) >= 11 is 0. The first-order chi connectivity index (χ1) is 10.7. The lowest BCUT2D eigenvalue weighted by atomic mass is 9.86. The molecule has 0 unspecified atom stereocenters. The number of likely N-dealkylation sites (tertiary alicyclic amines) is 1. The molecule has 1 aliphatic heterocycles. The highest BCUT2D eigenvalue weighted by molar-refractivity contribution is 7.89. The van der Waals surface area contributed by atoms with Crippen LogP contribution in [0.15, 0.2) is 29.2 Å². The third-order valence-corrected chi connectivity index (χ3v) is 5.95. The second-order valence-electron chi connectivity index (χ2n) is 6.40. The maximum absolute atomic E-state index is 11.7. The second kappa shape index (κ2) is 6.98.